The van der Waals surface area contributed by atoms with Crippen LogP contribution in [0.25, 0.3) is 0 Å². The van der Waals surface area contributed by atoms with Crippen molar-refractivity contribution in [2.45, 2.75) is 154 Å². The summed E-state index contributed by atoms with van der Waals surface area (Å²) in [6.07, 6.45) is -0.566. The minimum atomic E-state index is -2.31. The van der Waals surface area contributed by atoms with Crippen molar-refractivity contribution in [2.24, 2.45) is 0 Å². The topological polar surface area (TPSA) is 101 Å². The average Bonchev–Trinajstić information content (AvgIpc) is 3.66. The normalized spacial score (nSPS) is 17.8. The largest absolute Gasteiger partial charge is 0.541 e. The molecule has 1 heterocycles. The maximum atomic E-state index is 9.53. The fourth-order valence-corrected chi connectivity index (χ4v) is 11.4. The van der Waals surface area contributed by atoms with Gasteiger partial charge in [0.1, 0.15) is 34.7 Å². The van der Waals surface area contributed by atoms with Crippen LogP contribution in [-0.4, -0.2) is 73.0 Å². The lowest BCUT2D eigenvalue weighted by Gasteiger charge is -2.40. The van der Waals surface area contributed by atoms with Gasteiger partial charge in [-0.3, -0.25) is 0 Å². The van der Waals surface area contributed by atoms with E-state index in [0.29, 0.717) is 6.42 Å². The van der Waals surface area contributed by atoms with Crippen LogP contribution in [0.2, 0.25) is 36.3 Å². The zero-order valence-electron chi connectivity index (χ0n) is 42.6. The minimum Gasteiger partial charge on any atom is -0.541 e. The molecular weight excluding hydrogens is 880 g/mol. The van der Waals surface area contributed by atoms with Crippen molar-refractivity contribution in [3.8, 4) is 29.1 Å². The molecule has 10 nitrogen and oxygen atoms in total. The van der Waals surface area contributed by atoms with E-state index in [1.165, 1.54) is 0 Å². The summed E-state index contributed by atoms with van der Waals surface area (Å²) in [6, 6.07) is 35.2. The lowest BCUT2D eigenvalue weighted by Crippen LogP contribution is -2.45. The molecule has 0 N–H and O–H groups in total. The molecule has 0 saturated carbocycles. The van der Waals surface area contributed by atoms with Gasteiger partial charge in [0.25, 0.3) is 25.2 Å². The Bertz CT molecular complexity index is 2130. The summed E-state index contributed by atoms with van der Waals surface area (Å²) in [4.78, 5) is 0. The second-order valence-electron chi connectivity index (χ2n) is 20.8. The number of methoxy groups -OCH3 is 2. The number of hydrogen-bond donors (Lipinski definition) is 0. The summed E-state index contributed by atoms with van der Waals surface area (Å²) in [5.41, 5.74) is 2.69. The average molecular weight is 957 g/mol. The van der Waals surface area contributed by atoms with Gasteiger partial charge in [-0.05, 0) is 123 Å². The van der Waals surface area contributed by atoms with Crippen molar-refractivity contribution in [1.29, 1.82) is 5.26 Å². The lowest BCUT2D eigenvalue weighted by atomic mass is 9.80. The van der Waals surface area contributed by atoms with Crippen molar-refractivity contribution in [3.05, 3.63) is 119 Å². The number of nitriles is 1. The second kappa shape index (κ2) is 22.1. The molecule has 0 spiro atoms. The molecule has 1 aliphatic rings. The highest BCUT2D eigenvalue weighted by atomic mass is 31.2. The molecule has 13 heteroatoms. The van der Waals surface area contributed by atoms with Crippen LogP contribution in [0.15, 0.2) is 97.1 Å². The Hall–Kier alpha value is -3.77. The Morgan fingerprint density at radius 1 is 0.712 bits per heavy atom. The van der Waals surface area contributed by atoms with Crippen LogP contribution in [0, 0.1) is 11.3 Å². The van der Waals surface area contributed by atoms with Crippen molar-refractivity contribution >= 4 is 25.2 Å². The van der Waals surface area contributed by atoms with Crippen LogP contribution in [-0.2, 0) is 24.1 Å². The Kier molecular flexibility index (Phi) is 17.8. The highest BCUT2D eigenvalue weighted by Crippen LogP contribution is 2.52. The second-order valence-corrected chi connectivity index (χ2v) is 31.7. The van der Waals surface area contributed by atoms with E-state index in [4.69, 9.17) is 36.8 Å². The van der Waals surface area contributed by atoms with Gasteiger partial charge in [-0.15, -0.1) is 0 Å². The van der Waals surface area contributed by atoms with E-state index in [-0.39, 0.29) is 47.9 Å². The molecule has 4 aromatic rings. The first-order chi connectivity index (χ1) is 31.0. The third-order valence-corrected chi connectivity index (χ3v) is 24.2. The predicted molar refractivity (Wildman–Crippen MR) is 273 cm³/mol. The standard InChI is InChI=1S/C53H77N2O8PSi2/c1-38(2)55(39(3)4)64(59-34-20-33-54)61-48-36-47(40-23-32-46(62-65(13,14)51(5,6)7)49(35-40)63-66(15,16)52(8,9)10)60-50(48)37-58-53(41-21-18-17-19-22-41,42-24-28-44(56-11)29-25-42)43-26-30-45(57-12)31-27-43/h17-19,21-32,35,38-39,47-48,50H,20,34,36-37H2,1-16H3/t47-,48+,50-,64?/m1/s1. The van der Waals surface area contributed by atoms with E-state index >= 15 is 0 Å². The summed E-state index contributed by atoms with van der Waals surface area (Å²) in [6.45, 7) is 31.6. The minimum absolute atomic E-state index is 0.00755. The van der Waals surface area contributed by atoms with Crippen molar-refractivity contribution in [1.82, 2.24) is 4.67 Å². The summed E-state index contributed by atoms with van der Waals surface area (Å²) >= 11 is 0. The SMILES string of the molecule is COc1ccc(C(OC[C@H]2O[C@@H](c3ccc(O[Si](C)(C)C(C)(C)C)c(O[Si](C)(C)C(C)(C)C)c3)C[C@@H]2OP(OCCC#N)N(C(C)C)C(C)C)(c2ccccc2)c2ccc(OC)cc2)cc1. The van der Waals surface area contributed by atoms with Gasteiger partial charge >= 0.3 is 0 Å². The summed E-state index contributed by atoms with van der Waals surface area (Å²) in [7, 11) is -2.82. The van der Waals surface area contributed by atoms with E-state index in [1.807, 2.05) is 42.5 Å². The number of rotatable bonds is 21. The molecule has 360 valence electrons. The van der Waals surface area contributed by atoms with Gasteiger partial charge in [0.15, 0.2) is 0 Å². The van der Waals surface area contributed by atoms with Gasteiger partial charge < -0.3 is 36.8 Å². The molecule has 1 aliphatic heterocycles. The molecule has 0 aromatic heterocycles. The third-order valence-electron chi connectivity index (χ3n) is 13.4. The molecule has 0 bridgehead atoms. The number of nitrogens with zero attached hydrogens (tertiary/aromatic N) is 2. The molecule has 4 aromatic carbocycles. The lowest BCUT2D eigenvalue weighted by molar-refractivity contribution is -0.0806. The van der Waals surface area contributed by atoms with Crippen molar-refractivity contribution in [2.75, 3.05) is 27.4 Å². The fourth-order valence-electron chi connectivity index (χ4n) is 7.63. The van der Waals surface area contributed by atoms with Gasteiger partial charge in [0, 0.05) is 18.5 Å². The van der Waals surface area contributed by atoms with Gasteiger partial charge in [-0.1, -0.05) is 102 Å². The summed E-state index contributed by atoms with van der Waals surface area (Å²) in [5, 5.41) is 9.48. The zero-order valence-corrected chi connectivity index (χ0v) is 45.5. The van der Waals surface area contributed by atoms with E-state index < -0.39 is 43.0 Å². The molecule has 1 unspecified atom stereocenters. The van der Waals surface area contributed by atoms with Gasteiger partial charge in [0.2, 0.25) is 0 Å². The molecule has 5 rings (SSSR count). The monoisotopic (exact) mass is 956 g/mol. The van der Waals surface area contributed by atoms with E-state index in [2.05, 4.69) is 161 Å². The van der Waals surface area contributed by atoms with Crippen LogP contribution >= 0.6 is 8.53 Å². The number of ether oxygens (including phenoxy) is 4. The molecule has 0 aliphatic carbocycles. The molecule has 4 atom stereocenters. The molecular formula is C53H77N2O8PSi2. The van der Waals surface area contributed by atoms with E-state index in [0.717, 1.165) is 45.3 Å². The summed E-state index contributed by atoms with van der Waals surface area (Å²) in [5.74, 6) is 3.01. The Morgan fingerprint density at radius 3 is 1.68 bits per heavy atom. The van der Waals surface area contributed by atoms with Crippen LogP contribution in [0.4, 0.5) is 0 Å². The highest BCUT2D eigenvalue weighted by molar-refractivity contribution is 7.44. The Balaban J connectivity index is 1.65. The maximum absolute atomic E-state index is 9.53. The molecule has 66 heavy (non-hydrogen) atoms. The maximum Gasteiger partial charge on any atom is 0.259 e. The Morgan fingerprint density at radius 2 is 1.21 bits per heavy atom. The number of benzene rings is 4. The zero-order chi connectivity index (χ0) is 48.7. The predicted octanol–water partition coefficient (Wildman–Crippen LogP) is 14.0. The van der Waals surface area contributed by atoms with Crippen LogP contribution in [0.3, 0.4) is 0 Å². The molecule has 0 radical (unpaired) electrons. The van der Waals surface area contributed by atoms with Gasteiger partial charge in [0.05, 0.1) is 52.1 Å². The first-order valence-corrected chi connectivity index (χ1v) is 30.3. The smallest absolute Gasteiger partial charge is 0.259 e. The van der Waals surface area contributed by atoms with Gasteiger partial charge in [-0.2, -0.15) is 5.26 Å². The van der Waals surface area contributed by atoms with Crippen molar-refractivity contribution < 1.29 is 36.8 Å². The highest BCUT2D eigenvalue weighted by Gasteiger charge is 2.46. The first kappa shape index (κ1) is 53.2. The van der Waals surface area contributed by atoms with Crippen LogP contribution in [0.5, 0.6) is 23.0 Å². The van der Waals surface area contributed by atoms with Crippen molar-refractivity contribution in [3.63, 3.8) is 0 Å². The fraction of sp³-hybridized carbons (Fsp3) is 0.528. The Labute approximate surface area is 400 Å². The number of hydrogen-bond acceptors (Lipinski definition) is 10. The van der Waals surface area contributed by atoms with Crippen LogP contribution in [0.1, 0.15) is 110 Å². The van der Waals surface area contributed by atoms with Crippen LogP contribution < -0.4 is 18.3 Å². The molecule has 0 amide bonds. The molecule has 1 fully saturated rings. The first-order valence-electron chi connectivity index (χ1n) is 23.4. The third kappa shape index (κ3) is 12.5. The quantitative estimate of drug-likeness (QED) is 0.0347. The van der Waals surface area contributed by atoms with E-state index in [1.54, 1.807) is 14.2 Å². The van der Waals surface area contributed by atoms with Gasteiger partial charge in [-0.25, -0.2) is 4.67 Å². The van der Waals surface area contributed by atoms with E-state index in [9.17, 15) is 5.26 Å². The summed E-state index contributed by atoms with van der Waals surface area (Å²) < 4.78 is 56.1. The molecule has 1 saturated heterocycles.